The number of ether oxygens (including phenoxy) is 3. The van der Waals surface area contributed by atoms with E-state index in [9.17, 15) is 0 Å². The third kappa shape index (κ3) is 2.55. The Morgan fingerprint density at radius 2 is 2.10 bits per heavy atom. The lowest BCUT2D eigenvalue weighted by molar-refractivity contribution is 0.174. The van der Waals surface area contributed by atoms with E-state index in [4.69, 9.17) is 20.1 Å². The van der Waals surface area contributed by atoms with Gasteiger partial charge >= 0.3 is 0 Å². The highest BCUT2D eigenvalue weighted by Crippen LogP contribution is 2.37. The molecule has 1 aromatic heterocycles. The number of aromatic nitrogens is 2. The molecule has 1 aliphatic heterocycles. The van der Waals surface area contributed by atoms with Gasteiger partial charge in [0.05, 0.1) is 5.56 Å². The molecule has 7 heteroatoms. The molecule has 110 valence electrons. The molecule has 0 unspecified atom stereocenters. The zero-order valence-corrected chi connectivity index (χ0v) is 11.8. The summed E-state index contributed by atoms with van der Waals surface area (Å²) in [5.41, 5.74) is 3.30. The van der Waals surface area contributed by atoms with Crippen LogP contribution in [0.1, 0.15) is 18.3 Å². The van der Waals surface area contributed by atoms with Gasteiger partial charge in [0.15, 0.2) is 11.5 Å². The molecule has 3 rings (SSSR count). The Morgan fingerprint density at radius 3 is 2.86 bits per heavy atom. The maximum Gasteiger partial charge on any atom is 0.231 e. The highest BCUT2D eigenvalue weighted by atomic mass is 16.7. The maximum atomic E-state index is 5.84. The highest BCUT2D eigenvalue weighted by molar-refractivity contribution is 5.51. The molecule has 0 aliphatic carbocycles. The molecule has 1 aromatic carbocycles. The molecule has 2 aromatic rings. The Kier molecular flexibility index (Phi) is 3.49. The molecular formula is C14H16N4O3. The molecule has 0 saturated heterocycles. The van der Waals surface area contributed by atoms with Gasteiger partial charge in [-0.1, -0.05) is 6.92 Å². The summed E-state index contributed by atoms with van der Waals surface area (Å²) in [5.74, 6) is 9.14. The minimum absolute atomic E-state index is 0.229. The van der Waals surface area contributed by atoms with Crippen LogP contribution in [0.5, 0.6) is 23.1 Å². The summed E-state index contributed by atoms with van der Waals surface area (Å²) in [6.45, 7) is 4.04. The smallest absolute Gasteiger partial charge is 0.231 e. The van der Waals surface area contributed by atoms with Crippen molar-refractivity contribution in [3.05, 3.63) is 29.6 Å². The summed E-state index contributed by atoms with van der Waals surface area (Å²) in [5, 5.41) is 0. The van der Waals surface area contributed by atoms with E-state index in [-0.39, 0.29) is 6.79 Å². The Labute approximate surface area is 122 Å². The molecule has 21 heavy (non-hydrogen) atoms. The lowest BCUT2D eigenvalue weighted by Crippen LogP contribution is -2.13. The van der Waals surface area contributed by atoms with Crippen LogP contribution in [0, 0.1) is 6.92 Å². The van der Waals surface area contributed by atoms with Crippen molar-refractivity contribution < 1.29 is 14.2 Å². The SMILES string of the molecule is CCc1nc(NN)c(C)c(Oc2ccc3c(c2)OCO3)n1. The van der Waals surface area contributed by atoms with Crippen LogP contribution >= 0.6 is 0 Å². The van der Waals surface area contributed by atoms with Crippen LogP contribution in [-0.4, -0.2) is 16.8 Å². The van der Waals surface area contributed by atoms with Crippen LogP contribution in [-0.2, 0) is 6.42 Å². The number of benzene rings is 1. The number of hydrazine groups is 1. The van der Waals surface area contributed by atoms with Crippen LogP contribution < -0.4 is 25.5 Å². The number of hydrogen-bond acceptors (Lipinski definition) is 7. The third-order valence-corrected chi connectivity index (χ3v) is 3.16. The quantitative estimate of drug-likeness (QED) is 0.658. The van der Waals surface area contributed by atoms with Crippen LogP contribution in [0.15, 0.2) is 18.2 Å². The second-order valence-corrected chi connectivity index (χ2v) is 4.53. The maximum absolute atomic E-state index is 5.84. The van der Waals surface area contributed by atoms with E-state index in [1.165, 1.54) is 0 Å². The molecule has 7 nitrogen and oxygen atoms in total. The fourth-order valence-electron chi connectivity index (χ4n) is 1.99. The first-order valence-corrected chi connectivity index (χ1v) is 6.63. The summed E-state index contributed by atoms with van der Waals surface area (Å²) >= 11 is 0. The first-order valence-electron chi connectivity index (χ1n) is 6.63. The minimum atomic E-state index is 0.229. The average molecular weight is 288 g/mol. The molecule has 2 heterocycles. The normalized spacial score (nSPS) is 12.3. The number of hydrogen-bond donors (Lipinski definition) is 2. The van der Waals surface area contributed by atoms with Crippen LogP contribution in [0.2, 0.25) is 0 Å². The molecule has 0 fully saturated rings. The van der Waals surface area contributed by atoms with Crippen LogP contribution in [0.3, 0.4) is 0 Å². The van der Waals surface area contributed by atoms with Gasteiger partial charge in [0.2, 0.25) is 12.7 Å². The fourth-order valence-corrected chi connectivity index (χ4v) is 1.99. The lowest BCUT2D eigenvalue weighted by Gasteiger charge is -2.12. The van der Waals surface area contributed by atoms with Gasteiger partial charge in [-0.25, -0.2) is 10.8 Å². The second-order valence-electron chi connectivity index (χ2n) is 4.53. The minimum Gasteiger partial charge on any atom is -0.454 e. The van der Waals surface area contributed by atoms with Crippen molar-refractivity contribution in [2.45, 2.75) is 20.3 Å². The van der Waals surface area contributed by atoms with E-state index in [0.717, 1.165) is 5.56 Å². The van der Waals surface area contributed by atoms with Gasteiger partial charge in [-0.15, -0.1) is 0 Å². The summed E-state index contributed by atoms with van der Waals surface area (Å²) in [6.07, 6.45) is 0.687. The van der Waals surface area contributed by atoms with Crippen LogP contribution in [0.25, 0.3) is 0 Å². The molecule has 0 amide bonds. The number of fused-ring (bicyclic) bond motifs is 1. The van der Waals surface area contributed by atoms with Crippen LogP contribution in [0.4, 0.5) is 5.82 Å². The molecular weight excluding hydrogens is 272 g/mol. The first kappa shape index (κ1) is 13.4. The molecule has 0 atom stereocenters. The largest absolute Gasteiger partial charge is 0.454 e. The molecule has 3 N–H and O–H groups in total. The predicted molar refractivity (Wildman–Crippen MR) is 76.6 cm³/mol. The first-order chi connectivity index (χ1) is 10.2. The van der Waals surface area contributed by atoms with Crippen molar-refractivity contribution in [3.63, 3.8) is 0 Å². The van der Waals surface area contributed by atoms with Gasteiger partial charge in [-0.3, -0.25) is 0 Å². The van der Waals surface area contributed by atoms with Gasteiger partial charge in [-0.05, 0) is 19.1 Å². The number of rotatable bonds is 4. The number of nitrogens with two attached hydrogens (primary N) is 1. The topological polar surface area (TPSA) is 91.5 Å². The number of anilines is 1. The fraction of sp³-hybridized carbons (Fsp3) is 0.286. The van der Waals surface area contributed by atoms with Gasteiger partial charge in [-0.2, -0.15) is 4.98 Å². The Hall–Kier alpha value is -2.54. The molecule has 0 radical (unpaired) electrons. The Morgan fingerprint density at radius 1 is 1.29 bits per heavy atom. The molecule has 0 saturated carbocycles. The highest BCUT2D eigenvalue weighted by Gasteiger charge is 2.16. The van der Waals surface area contributed by atoms with E-state index in [1.54, 1.807) is 18.2 Å². The van der Waals surface area contributed by atoms with Gasteiger partial charge in [0.1, 0.15) is 17.4 Å². The van der Waals surface area contributed by atoms with Gasteiger partial charge in [0, 0.05) is 12.5 Å². The zero-order valence-electron chi connectivity index (χ0n) is 11.8. The molecule has 0 spiro atoms. The summed E-state index contributed by atoms with van der Waals surface area (Å²) in [4.78, 5) is 8.68. The zero-order chi connectivity index (χ0) is 14.8. The standard InChI is InChI=1S/C14H16N4O3/c1-3-12-16-13(18-15)8(2)14(17-12)21-9-4-5-10-11(6-9)20-7-19-10/h4-6H,3,7,15H2,1-2H3,(H,16,17,18). The van der Waals surface area contributed by atoms with Crippen molar-refractivity contribution in [2.75, 3.05) is 12.2 Å². The predicted octanol–water partition coefficient (Wildman–Crippen LogP) is 2.15. The summed E-state index contributed by atoms with van der Waals surface area (Å²) < 4.78 is 16.4. The van der Waals surface area contributed by atoms with E-state index in [0.29, 0.717) is 41.2 Å². The number of nitrogens with zero attached hydrogens (tertiary/aromatic N) is 2. The van der Waals surface area contributed by atoms with E-state index in [2.05, 4.69) is 15.4 Å². The molecule has 1 aliphatic rings. The molecule has 0 bridgehead atoms. The van der Waals surface area contributed by atoms with E-state index >= 15 is 0 Å². The number of aryl methyl sites for hydroxylation is 1. The summed E-state index contributed by atoms with van der Waals surface area (Å²) in [6, 6.07) is 5.37. The monoisotopic (exact) mass is 288 g/mol. The van der Waals surface area contributed by atoms with Gasteiger partial charge in [0.25, 0.3) is 0 Å². The van der Waals surface area contributed by atoms with Crippen molar-refractivity contribution in [1.29, 1.82) is 0 Å². The van der Waals surface area contributed by atoms with Crippen molar-refractivity contribution >= 4 is 5.82 Å². The van der Waals surface area contributed by atoms with Crippen molar-refractivity contribution in [2.24, 2.45) is 5.84 Å². The Bertz CT molecular complexity index is 676. The summed E-state index contributed by atoms with van der Waals surface area (Å²) in [7, 11) is 0. The van der Waals surface area contributed by atoms with Crippen molar-refractivity contribution in [1.82, 2.24) is 9.97 Å². The lowest BCUT2D eigenvalue weighted by atomic mass is 10.3. The van der Waals surface area contributed by atoms with Gasteiger partial charge < -0.3 is 19.6 Å². The van der Waals surface area contributed by atoms with Crippen molar-refractivity contribution in [3.8, 4) is 23.1 Å². The second kappa shape index (κ2) is 5.45. The number of nitrogens with one attached hydrogen (secondary N) is 1. The third-order valence-electron chi connectivity index (χ3n) is 3.16. The van der Waals surface area contributed by atoms with E-state index < -0.39 is 0 Å². The van der Waals surface area contributed by atoms with E-state index in [1.807, 2.05) is 13.8 Å². The number of nitrogen functional groups attached to an aromatic ring is 1. The Balaban J connectivity index is 1.94. The average Bonchev–Trinajstić information content (AvgIpc) is 2.97.